The molecule has 1 aliphatic rings. The van der Waals surface area contributed by atoms with Gasteiger partial charge in [-0.2, -0.15) is 4.98 Å². The maximum absolute atomic E-state index is 13.1. The van der Waals surface area contributed by atoms with Gasteiger partial charge in [-0.15, -0.1) is 0 Å². The highest BCUT2D eigenvalue weighted by molar-refractivity contribution is 5.97. The molecule has 4 heterocycles. The van der Waals surface area contributed by atoms with Gasteiger partial charge >= 0.3 is 0 Å². The maximum Gasteiger partial charge on any atom is 0.259 e. The van der Waals surface area contributed by atoms with Gasteiger partial charge < -0.3 is 14.0 Å². The van der Waals surface area contributed by atoms with Crippen molar-refractivity contribution in [2.24, 2.45) is 0 Å². The summed E-state index contributed by atoms with van der Waals surface area (Å²) in [5.74, 6) is 0.859. The number of aromatic nitrogens is 4. The minimum atomic E-state index is -0.284. The van der Waals surface area contributed by atoms with Crippen LogP contribution in [-0.4, -0.2) is 43.6 Å². The van der Waals surface area contributed by atoms with Gasteiger partial charge in [0.1, 0.15) is 11.2 Å². The Kier molecular flexibility index (Phi) is 5.05. The van der Waals surface area contributed by atoms with E-state index in [-0.39, 0.29) is 22.8 Å². The van der Waals surface area contributed by atoms with Crippen molar-refractivity contribution in [3.8, 4) is 0 Å². The molecule has 0 unspecified atom stereocenters. The largest absolute Gasteiger partial charge is 0.339 e. The van der Waals surface area contributed by atoms with E-state index in [1.165, 1.54) is 0 Å². The average molecular weight is 429 g/mol. The Morgan fingerprint density at radius 1 is 1.12 bits per heavy atom. The Labute approximate surface area is 184 Å². The molecule has 0 saturated carbocycles. The molecule has 3 aromatic heterocycles. The van der Waals surface area contributed by atoms with E-state index in [9.17, 15) is 9.59 Å². The summed E-state index contributed by atoms with van der Waals surface area (Å²) in [4.78, 5) is 36.7. The smallest absolute Gasteiger partial charge is 0.259 e. The van der Waals surface area contributed by atoms with Crippen molar-refractivity contribution >= 4 is 16.9 Å². The van der Waals surface area contributed by atoms with Crippen LogP contribution in [0.5, 0.6) is 0 Å². The van der Waals surface area contributed by atoms with Crippen LogP contribution < -0.4 is 5.43 Å². The van der Waals surface area contributed by atoms with E-state index in [0.29, 0.717) is 48.8 Å². The van der Waals surface area contributed by atoms with Crippen LogP contribution in [0, 0.1) is 6.92 Å². The number of rotatable bonds is 5. The summed E-state index contributed by atoms with van der Waals surface area (Å²) in [5.41, 5.74) is 2.42. The van der Waals surface area contributed by atoms with Crippen LogP contribution in [-0.2, 0) is 13.0 Å². The van der Waals surface area contributed by atoms with Gasteiger partial charge in [0.25, 0.3) is 5.91 Å². The van der Waals surface area contributed by atoms with Crippen molar-refractivity contribution in [3.05, 3.63) is 87.4 Å². The number of likely N-dealkylation sites (tertiary alicyclic amines) is 1. The Morgan fingerprint density at radius 3 is 2.66 bits per heavy atom. The van der Waals surface area contributed by atoms with Crippen LogP contribution >= 0.6 is 0 Å². The quantitative estimate of drug-likeness (QED) is 0.484. The van der Waals surface area contributed by atoms with Gasteiger partial charge in [-0.1, -0.05) is 35.5 Å². The number of aryl methyl sites for hydroxylation is 2. The zero-order chi connectivity index (χ0) is 22.2. The molecule has 0 N–H and O–H groups in total. The molecule has 0 bridgehead atoms. The van der Waals surface area contributed by atoms with Gasteiger partial charge in [-0.3, -0.25) is 9.59 Å². The Bertz CT molecular complexity index is 1350. The average Bonchev–Trinajstić information content (AvgIpc) is 3.21. The maximum atomic E-state index is 13.1. The minimum absolute atomic E-state index is 0.0193. The van der Waals surface area contributed by atoms with E-state index in [2.05, 4.69) is 15.1 Å². The number of benzene rings is 1. The third-order valence-corrected chi connectivity index (χ3v) is 5.84. The van der Waals surface area contributed by atoms with Gasteiger partial charge in [0.15, 0.2) is 5.82 Å². The topological polar surface area (TPSA) is 94.1 Å². The second kappa shape index (κ2) is 8.03. The molecule has 1 fully saturated rings. The molecule has 8 heteroatoms. The van der Waals surface area contributed by atoms with Crippen LogP contribution in [0.4, 0.5) is 0 Å². The van der Waals surface area contributed by atoms with Crippen LogP contribution in [0.1, 0.15) is 46.2 Å². The number of amides is 1. The first kappa shape index (κ1) is 20.1. The first-order chi connectivity index (χ1) is 15.5. The highest BCUT2D eigenvalue weighted by Gasteiger charge is 2.37. The van der Waals surface area contributed by atoms with E-state index in [0.717, 1.165) is 11.3 Å². The molecule has 1 saturated heterocycles. The molecule has 8 nitrogen and oxygen atoms in total. The van der Waals surface area contributed by atoms with Crippen molar-refractivity contribution in [1.29, 1.82) is 0 Å². The van der Waals surface area contributed by atoms with Gasteiger partial charge in [-0.25, -0.2) is 4.98 Å². The van der Waals surface area contributed by atoms with Gasteiger partial charge in [0, 0.05) is 37.9 Å². The summed E-state index contributed by atoms with van der Waals surface area (Å²) in [6, 6.07) is 13.5. The van der Waals surface area contributed by atoms with Crippen molar-refractivity contribution in [1.82, 2.24) is 24.6 Å². The molecule has 5 rings (SSSR count). The Morgan fingerprint density at radius 2 is 1.91 bits per heavy atom. The van der Waals surface area contributed by atoms with E-state index in [1.807, 2.05) is 48.7 Å². The number of nitrogens with zero attached hydrogens (tertiary/aromatic N) is 5. The molecule has 162 valence electrons. The Balaban J connectivity index is 1.32. The first-order valence-corrected chi connectivity index (χ1v) is 10.7. The van der Waals surface area contributed by atoms with Crippen molar-refractivity contribution in [2.75, 3.05) is 13.1 Å². The molecule has 1 aromatic carbocycles. The Hall–Kier alpha value is -3.81. The molecule has 0 spiro atoms. The van der Waals surface area contributed by atoms with Gasteiger partial charge in [-0.05, 0) is 31.5 Å². The standard InChI is InChI=1S/C24H23N5O3/c1-3-28-14-19(21(30)18-10-9-15(2)25-22(18)28)24(31)29-12-17(13-29)23-26-20(27-32-23)11-16-7-5-4-6-8-16/h4-10,14,17H,3,11-13H2,1-2H3. The SMILES string of the molecule is CCn1cc(C(=O)N2CC(c3nc(Cc4ccccc4)no3)C2)c(=O)c2ccc(C)nc21. The summed E-state index contributed by atoms with van der Waals surface area (Å²) in [6.45, 7) is 5.35. The fraction of sp³-hybridized carbons (Fsp3) is 0.292. The number of hydrogen-bond donors (Lipinski definition) is 0. The van der Waals surface area contributed by atoms with Gasteiger partial charge in [0.2, 0.25) is 11.3 Å². The molecular weight excluding hydrogens is 406 g/mol. The van der Waals surface area contributed by atoms with Crippen LogP contribution in [0.2, 0.25) is 0 Å². The molecule has 1 amide bonds. The molecule has 32 heavy (non-hydrogen) atoms. The number of hydrogen-bond acceptors (Lipinski definition) is 6. The predicted octanol–water partition coefficient (Wildman–Crippen LogP) is 2.94. The summed E-state index contributed by atoms with van der Waals surface area (Å²) in [5, 5.41) is 4.53. The fourth-order valence-electron chi connectivity index (χ4n) is 4.01. The lowest BCUT2D eigenvalue weighted by molar-refractivity contribution is 0.0567. The lowest BCUT2D eigenvalue weighted by Gasteiger charge is -2.37. The van der Waals surface area contributed by atoms with Gasteiger partial charge in [0.05, 0.1) is 11.3 Å². The third kappa shape index (κ3) is 3.57. The first-order valence-electron chi connectivity index (χ1n) is 10.7. The molecule has 0 aliphatic carbocycles. The van der Waals surface area contributed by atoms with E-state index in [4.69, 9.17) is 4.52 Å². The molecule has 0 radical (unpaired) electrons. The molecule has 4 aromatic rings. The van der Waals surface area contributed by atoms with Crippen molar-refractivity contribution < 1.29 is 9.32 Å². The zero-order valence-electron chi connectivity index (χ0n) is 18.0. The fourth-order valence-corrected chi connectivity index (χ4v) is 4.01. The van der Waals surface area contributed by atoms with E-state index >= 15 is 0 Å². The van der Waals surface area contributed by atoms with Crippen molar-refractivity contribution in [3.63, 3.8) is 0 Å². The predicted molar refractivity (Wildman–Crippen MR) is 119 cm³/mol. The third-order valence-electron chi connectivity index (χ3n) is 5.84. The van der Waals surface area contributed by atoms with Crippen LogP contribution in [0.25, 0.3) is 11.0 Å². The summed E-state index contributed by atoms with van der Waals surface area (Å²) in [7, 11) is 0. The number of carbonyl (C=O) groups is 1. The highest BCUT2D eigenvalue weighted by Crippen LogP contribution is 2.27. The number of carbonyl (C=O) groups excluding carboxylic acids is 1. The molecular formula is C24H23N5O3. The molecule has 0 atom stereocenters. The normalized spacial score (nSPS) is 14.0. The minimum Gasteiger partial charge on any atom is -0.339 e. The van der Waals surface area contributed by atoms with Crippen LogP contribution in [0.3, 0.4) is 0 Å². The second-order valence-corrected chi connectivity index (χ2v) is 8.10. The van der Waals surface area contributed by atoms with Crippen LogP contribution in [0.15, 0.2) is 58.0 Å². The summed E-state index contributed by atoms with van der Waals surface area (Å²) in [6.07, 6.45) is 2.22. The number of fused-ring (bicyclic) bond motifs is 1. The van der Waals surface area contributed by atoms with E-state index < -0.39 is 0 Å². The summed E-state index contributed by atoms with van der Waals surface area (Å²) < 4.78 is 7.28. The second-order valence-electron chi connectivity index (χ2n) is 8.10. The number of pyridine rings is 2. The lowest BCUT2D eigenvalue weighted by Crippen LogP contribution is -2.49. The summed E-state index contributed by atoms with van der Waals surface area (Å²) >= 11 is 0. The lowest BCUT2D eigenvalue weighted by atomic mass is 9.98. The van der Waals surface area contributed by atoms with E-state index in [1.54, 1.807) is 23.2 Å². The van der Waals surface area contributed by atoms with Crippen molar-refractivity contribution in [2.45, 2.75) is 32.7 Å². The monoisotopic (exact) mass is 429 g/mol. The highest BCUT2D eigenvalue weighted by atomic mass is 16.5. The zero-order valence-corrected chi connectivity index (χ0v) is 18.0. The molecule has 1 aliphatic heterocycles.